The molecule has 1 amide bonds. The standard InChI is InChI=1S/C25H30FN5O/c1-18-15-30(14-12-27-18)25(32)19-5-4-13-29(16-19)17-24-28-22-6-2-3-7-23(22)31(24)21-10-8-20(26)9-11-21/h2-3,6-11,18-19,27H,4-5,12-17H2,1H3/t18-,19+/m0/s1. The van der Waals surface area contributed by atoms with Crippen molar-refractivity contribution >= 4 is 16.9 Å². The van der Waals surface area contributed by atoms with Gasteiger partial charge in [-0.2, -0.15) is 0 Å². The molecule has 168 valence electrons. The number of nitrogens with zero attached hydrogens (tertiary/aromatic N) is 4. The Morgan fingerprint density at radius 2 is 1.94 bits per heavy atom. The fourth-order valence-corrected chi connectivity index (χ4v) is 5.05. The van der Waals surface area contributed by atoms with Crippen LogP contribution in [-0.4, -0.2) is 64.0 Å². The van der Waals surface area contributed by atoms with Crippen molar-refractivity contribution in [1.82, 2.24) is 24.7 Å². The number of benzene rings is 2. The lowest BCUT2D eigenvalue weighted by Crippen LogP contribution is -2.54. The summed E-state index contributed by atoms with van der Waals surface area (Å²) in [6.45, 7) is 6.94. The molecule has 0 bridgehead atoms. The predicted octanol–water partition coefficient (Wildman–Crippen LogP) is 3.20. The summed E-state index contributed by atoms with van der Waals surface area (Å²) < 4.78 is 15.6. The van der Waals surface area contributed by atoms with Gasteiger partial charge in [-0.3, -0.25) is 14.3 Å². The smallest absolute Gasteiger partial charge is 0.227 e. The Kier molecular flexibility index (Phi) is 5.93. The Labute approximate surface area is 188 Å². The Bertz CT molecular complexity index is 1100. The Morgan fingerprint density at radius 1 is 1.12 bits per heavy atom. The number of halogens is 1. The maximum absolute atomic E-state index is 13.5. The molecular formula is C25H30FN5O. The van der Waals surface area contributed by atoms with Gasteiger partial charge in [0.05, 0.1) is 23.5 Å². The number of amides is 1. The molecule has 32 heavy (non-hydrogen) atoms. The van der Waals surface area contributed by atoms with E-state index in [1.165, 1.54) is 12.1 Å². The van der Waals surface area contributed by atoms with Crippen LogP contribution in [0.1, 0.15) is 25.6 Å². The van der Waals surface area contributed by atoms with Crippen LogP contribution < -0.4 is 5.32 Å². The first-order chi connectivity index (χ1) is 15.6. The zero-order chi connectivity index (χ0) is 22.1. The van der Waals surface area contributed by atoms with Gasteiger partial charge < -0.3 is 10.2 Å². The molecule has 6 nitrogen and oxygen atoms in total. The number of piperazine rings is 1. The number of rotatable bonds is 4. The van der Waals surface area contributed by atoms with Crippen LogP contribution in [0.5, 0.6) is 0 Å². The van der Waals surface area contributed by atoms with E-state index in [1.807, 2.05) is 29.2 Å². The number of imidazole rings is 1. The largest absolute Gasteiger partial charge is 0.340 e. The summed E-state index contributed by atoms with van der Waals surface area (Å²) in [5.41, 5.74) is 2.83. The van der Waals surface area contributed by atoms with Crippen molar-refractivity contribution in [1.29, 1.82) is 0 Å². The molecule has 2 atom stereocenters. The van der Waals surface area contributed by atoms with Crippen LogP contribution in [-0.2, 0) is 11.3 Å². The molecule has 0 radical (unpaired) electrons. The molecule has 1 aromatic heterocycles. The zero-order valence-electron chi connectivity index (χ0n) is 18.5. The highest BCUT2D eigenvalue weighted by Gasteiger charge is 2.31. The summed E-state index contributed by atoms with van der Waals surface area (Å²) in [5, 5.41) is 3.41. The van der Waals surface area contributed by atoms with E-state index >= 15 is 0 Å². The van der Waals surface area contributed by atoms with E-state index in [9.17, 15) is 9.18 Å². The molecule has 2 aliphatic heterocycles. The lowest BCUT2D eigenvalue weighted by atomic mass is 9.96. The Morgan fingerprint density at radius 3 is 2.75 bits per heavy atom. The van der Waals surface area contributed by atoms with Gasteiger partial charge in [0.1, 0.15) is 11.6 Å². The van der Waals surface area contributed by atoms with Gasteiger partial charge in [0, 0.05) is 37.9 Å². The average molecular weight is 436 g/mol. The van der Waals surface area contributed by atoms with Crippen molar-refractivity contribution in [2.24, 2.45) is 5.92 Å². The third kappa shape index (κ3) is 4.27. The number of likely N-dealkylation sites (tertiary alicyclic amines) is 1. The Balaban J connectivity index is 1.38. The quantitative estimate of drug-likeness (QED) is 0.684. The lowest BCUT2D eigenvalue weighted by molar-refractivity contribution is -0.138. The van der Waals surface area contributed by atoms with E-state index in [0.717, 1.165) is 68.1 Å². The molecule has 0 aliphatic carbocycles. The molecular weight excluding hydrogens is 405 g/mol. The summed E-state index contributed by atoms with van der Waals surface area (Å²) in [6, 6.07) is 14.9. The van der Waals surface area contributed by atoms with Crippen molar-refractivity contribution < 1.29 is 9.18 Å². The van der Waals surface area contributed by atoms with Crippen molar-refractivity contribution in [3.63, 3.8) is 0 Å². The minimum absolute atomic E-state index is 0.0395. The number of carbonyl (C=O) groups is 1. The second kappa shape index (κ2) is 9.00. The molecule has 2 fully saturated rings. The fraction of sp³-hybridized carbons (Fsp3) is 0.440. The zero-order valence-corrected chi connectivity index (χ0v) is 18.5. The van der Waals surface area contributed by atoms with E-state index in [2.05, 4.69) is 21.7 Å². The van der Waals surface area contributed by atoms with E-state index in [1.54, 1.807) is 12.1 Å². The Hall–Kier alpha value is -2.77. The summed E-state index contributed by atoms with van der Waals surface area (Å²) in [4.78, 5) is 22.4. The van der Waals surface area contributed by atoms with Gasteiger partial charge in [-0.1, -0.05) is 12.1 Å². The minimum atomic E-state index is -0.251. The monoisotopic (exact) mass is 435 g/mol. The van der Waals surface area contributed by atoms with E-state index < -0.39 is 0 Å². The van der Waals surface area contributed by atoms with Gasteiger partial charge in [-0.15, -0.1) is 0 Å². The second-order valence-corrected chi connectivity index (χ2v) is 9.04. The first-order valence-corrected chi connectivity index (χ1v) is 11.6. The number of hydrogen-bond acceptors (Lipinski definition) is 4. The summed E-state index contributed by atoms with van der Waals surface area (Å²) in [5.74, 6) is 0.994. The number of nitrogens with one attached hydrogen (secondary N) is 1. The fourth-order valence-electron chi connectivity index (χ4n) is 5.05. The summed E-state index contributed by atoms with van der Waals surface area (Å²) >= 11 is 0. The molecule has 5 rings (SSSR count). The van der Waals surface area contributed by atoms with Crippen LogP contribution >= 0.6 is 0 Å². The molecule has 2 aliphatic rings. The van der Waals surface area contributed by atoms with Gasteiger partial charge >= 0.3 is 0 Å². The molecule has 2 saturated heterocycles. The van der Waals surface area contributed by atoms with Crippen molar-refractivity contribution in [3.05, 3.63) is 60.2 Å². The summed E-state index contributed by atoms with van der Waals surface area (Å²) in [7, 11) is 0. The number of carbonyl (C=O) groups excluding carboxylic acids is 1. The molecule has 0 unspecified atom stereocenters. The minimum Gasteiger partial charge on any atom is -0.340 e. The van der Waals surface area contributed by atoms with Crippen LogP contribution in [0.15, 0.2) is 48.5 Å². The van der Waals surface area contributed by atoms with Crippen molar-refractivity contribution in [3.8, 4) is 5.69 Å². The third-order valence-electron chi connectivity index (χ3n) is 6.62. The van der Waals surface area contributed by atoms with Gasteiger partial charge in [-0.05, 0) is 62.7 Å². The van der Waals surface area contributed by atoms with Crippen LogP contribution in [0.2, 0.25) is 0 Å². The normalized spacial score (nSPS) is 22.4. The second-order valence-electron chi connectivity index (χ2n) is 9.04. The molecule has 2 aromatic carbocycles. The number of piperidine rings is 1. The molecule has 0 saturated carbocycles. The van der Waals surface area contributed by atoms with Gasteiger partial charge in [-0.25, -0.2) is 9.37 Å². The number of aromatic nitrogens is 2. The lowest BCUT2D eigenvalue weighted by Gasteiger charge is -2.38. The van der Waals surface area contributed by atoms with E-state index in [0.29, 0.717) is 12.6 Å². The summed E-state index contributed by atoms with van der Waals surface area (Å²) in [6.07, 6.45) is 1.96. The molecule has 7 heteroatoms. The van der Waals surface area contributed by atoms with Crippen LogP contribution in [0.4, 0.5) is 4.39 Å². The molecule has 3 aromatic rings. The molecule has 1 N–H and O–H groups in total. The number of para-hydroxylation sites is 2. The van der Waals surface area contributed by atoms with Gasteiger partial charge in [0.25, 0.3) is 0 Å². The highest BCUT2D eigenvalue weighted by Crippen LogP contribution is 2.25. The van der Waals surface area contributed by atoms with Crippen LogP contribution in [0, 0.1) is 11.7 Å². The molecule has 0 spiro atoms. The van der Waals surface area contributed by atoms with E-state index in [-0.39, 0.29) is 17.6 Å². The first kappa shape index (κ1) is 21.1. The van der Waals surface area contributed by atoms with Crippen molar-refractivity contribution in [2.75, 3.05) is 32.7 Å². The van der Waals surface area contributed by atoms with Crippen LogP contribution in [0.25, 0.3) is 16.7 Å². The SMILES string of the molecule is C[C@H]1CN(C(=O)[C@@H]2CCCN(Cc3nc4ccccc4n3-c3ccc(F)cc3)C2)CCN1. The average Bonchev–Trinajstić information content (AvgIpc) is 3.17. The maximum atomic E-state index is 13.5. The predicted molar refractivity (Wildman–Crippen MR) is 123 cm³/mol. The molecule has 3 heterocycles. The third-order valence-corrected chi connectivity index (χ3v) is 6.62. The number of hydrogen-bond donors (Lipinski definition) is 1. The number of fused-ring (bicyclic) bond motifs is 1. The van der Waals surface area contributed by atoms with Gasteiger partial charge in [0.15, 0.2) is 0 Å². The first-order valence-electron chi connectivity index (χ1n) is 11.6. The highest BCUT2D eigenvalue weighted by molar-refractivity contribution is 5.79. The maximum Gasteiger partial charge on any atom is 0.227 e. The topological polar surface area (TPSA) is 53.4 Å². The van der Waals surface area contributed by atoms with E-state index in [4.69, 9.17) is 4.98 Å². The highest BCUT2D eigenvalue weighted by atomic mass is 19.1. The van der Waals surface area contributed by atoms with Crippen LogP contribution in [0.3, 0.4) is 0 Å². The van der Waals surface area contributed by atoms with Crippen molar-refractivity contribution in [2.45, 2.75) is 32.4 Å². The van der Waals surface area contributed by atoms with Gasteiger partial charge in [0.2, 0.25) is 5.91 Å².